The van der Waals surface area contributed by atoms with Crippen LogP contribution >= 0.6 is 0 Å². The number of nitrogens with one attached hydrogen (secondary N) is 2. The Labute approximate surface area is 168 Å². The fraction of sp³-hybridized carbons (Fsp3) is 0.435. The van der Waals surface area contributed by atoms with Crippen LogP contribution in [0.2, 0.25) is 0 Å². The van der Waals surface area contributed by atoms with Crippen molar-refractivity contribution >= 4 is 11.6 Å². The average Bonchev–Trinajstić information content (AvgIpc) is 2.71. The molecule has 0 aliphatic rings. The first-order chi connectivity index (χ1) is 13.5. The molecule has 0 aliphatic heterocycles. The molecule has 0 spiro atoms. The van der Waals surface area contributed by atoms with Crippen LogP contribution in [0.15, 0.2) is 42.5 Å². The molecule has 5 nitrogen and oxygen atoms in total. The molecule has 28 heavy (non-hydrogen) atoms. The molecule has 2 aromatic rings. The Morgan fingerprint density at radius 1 is 1.07 bits per heavy atom. The topological polar surface area (TPSA) is 52.0 Å². The predicted molar refractivity (Wildman–Crippen MR) is 114 cm³/mol. The molecular weight excluding hydrogens is 352 g/mol. The van der Waals surface area contributed by atoms with Gasteiger partial charge in [-0.05, 0) is 47.7 Å². The maximum Gasteiger partial charge on any atom is 0.279 e. The number of amides is 1. The van der Waals surface area contributed by atoms with E-state index in [-0.39, 0.29) is 5.91 Å². The minimum absolute atomic E-state index is 0.0288. The summed E-state index contributed by atoms with van der Waals surface area (Å²) >= 11 is 0. The number of benzene rings is 2. The van der Waals surface area contributed by atoms with Crippen LogP contribution < -0.4 is 19.7 Å². The zero-order chi connectivity index (χ0) is 20.5. The number of carbonyl (C=O) groups is 1. The first-order valence-corrected chi connectivity index (χ1v) is 9.88. The molecule has 0 bridgehead atoms. The lowest BCUT2D eigenvalue weighted by atomic mass is 9.99. The molecule has 2 atom stereocenters. The molecule has 0 aliphatic carbocycles. The molecule has 0 radical (unpaired) electrons. The zero-order valence-corrected chi connectivity index (χ0v) is 17.7. The van der Waals surface area contributed by atoms with Crippen LogP contribution in [0.1, 0.15) is 37.3 Å². The van der Waals surface area contributed by atoms with E-state index >= 15 is 0 Å². The molecule has 0 saturated carbocycles. The van der Waals surface area contributed by atoms with Gasteiger partial charge < -0.3 is 19.7 Å². The Morgan fingerprint density at radius 2 is 1.75 bits per heavy atom. The molecule has 0 saturated heterocycles. The second kappa shape index (κ2) is 10.7. The average molecular weight is 386 g/mol. The van der Waals surface area contributed by atoms with Crippen molar-refractivity contribution in [1.29, 1.82) is 0 Å². The highest BCUT2D eigenvalue weighted by Crippen LogP contribution is 2.27. The van der Waals surface area contributed by atoms with Gasteiger partial charge in [-0.2, -0.15) is 0 Å². The molecule has 0 aromatic heterocycles. The SMILES string of the molecule is CC[C@@H](C)c1ccc(NC(=O)C[NH+](C)CCc2ccc(OC)c(OC)c2)cc1. The number of anilines is 1. The molecule has 2 N–H and O–H groups in total. The fourth-order valence-corrected chi connectivity index (χ4v) is 3.09. The lowest BCUT2D eigenvalue weighted by Crippen LogP contribution is -3.10. The fourth-order valence-electron chi connectivity index (χ4n) is 3.09. The molecule has 0 heterocycles. The number of carbonyl (C=O) groups excluding carboxylic acids is 1. The largest absolute Gasteiger partial charge is 0.493 e. The molecule has 2 aromatic carbocycles. The summed E-state index contributed by atoms with van der Waals surface area (Å²) in [5, 5.41) is 2.99. The van der Waals surface area contributed by atoms with Gasteiger partial charge in [-0.1, -0.05) is 32.0 Å². The van der Waals surface area contributed by atoms with Gasteiger partial charge in [-0.15, -0.1) is 0 Å². The summed E-state index contributed by atoms with van der Waals surface area (Å²) in [5.74, 6) is 2.03. The second-order valence-corrected chi connectivity index (χ2v) is 7.30. The summed E-state index contributed by atoms with van der Waals surface area (Å²) in [6.07, 6.45) is 1.98. The summed E-state index contributed by atoms with van der Waals surface area (Å²) in [7, 11) is 5.30. The summed E-state index contributed by atoms with van der Waals surface area (Å²) in [4.78, 5) is 13.5. The Hall–Kier alpha value is -2.53. The smallest absolute Gasteiger partial charge is 0.279 e. The van der Waals surface area contributed by atoms with Crippen molar-refractivity contribution in [3.05, 3.63) is 53.6 Å². The normalized spacial score (nSPS) is 12.9. The monoisotopic (exact) mass is 385 g/mol. The van der Waals surface area contributed by atoms with Crippen LogP contribution in [0, 0.1) is 0 Å². The van der Waals surface area contributed by atoms with Gasteiger partial charge in [0.1, 0.15) is 0 Å². The van der Waals surface area contributed by atoms with E-state index in [0.717, 1.165) is 47.0 Å². The number of rotatable bonds is 10. The van der Waals surface area contributed by atoms with Gasteiger partial charge in [0.05, 0.1) is 27.8 Å². The van der Waals surface area contributed by atoms with E-state index < -0.39 is 0 Å². The minimum atomic E-state index is 0.0288. The maximum atomic E-state index is 12.3. The van der Waals surface area contributed by atoms with Crippen LogP contribution in [0.4, 0.5) is 5.69 Å². The van der Waals surface area contributed by atoms with Crippen molar-refractivity contribution in [3.63, 3.8) is 0 Å². The van der Waals surface area contributed by atoms with Crippen LogP contribution in [0.3, 0.4) is 0 Å². The molecule has 2 rings (SSSR count). The highest BCUT2D eigenvalue weighted by Gasteiger charge is 2.12. The van der Waals surface area contributed by atoms with Gasteiger partial charge in [0.25, 0.3) is 5.91 Å². The zero-order valence-electron chi connectivity index (χ0n) is 17.7. The lowest BCUT2D eigenvalue weighted by Gasteiger charge is -2.15. The van der Waals surface area contributed by atoms with Crippen LogP contribution in [-0.4, -0.2) is 40.3 Å². The van der Waals surface area contributed by atoms with Crippen molar-refractivity contribution in [1.82, 2.24) is 0 Å². The first-order valence-electron chi connectivity index (χ1n) is 9.88. The third kappa shape index (κ3) is 6.27. The molecule has 5 heteroatoms. The number of ether oxygens (including phenoxy) is 2. The summed E-state index contributed by atoms with van der Waals surface area (Å²) in [5.41, 5.74) is 3.32. The van der Waals surface area contributed by atoms with E-state index in [4.69, 9.17) is 9.47 Å². The number of quaternary nitrogens is 1. The van der Waals surface area contributed by atoms with Gasteiger partial charge in [0, 0.05) is 12.1 Å². The molecule has 152 valence electrons. The number of likely N-dealkylation sites (N-methyl/N-ethyl adjacent to an activating group) is 1. The maximum absolute atomic E-state index is 12.3. The molecule has 1 amide bonds. The van der Waals surface area contributed by atoms with Crippen molar-refractivity contribution in [2.24, 2.45) is 0 Å². The third-order valence-electron chi connectivity index (χ3n) is 5.13. The van der Waals surface area contributed by atoms with E-state index in [0.29, 0.717) is 12.5 Å². The van der Waals surface area contributed by atoms with Crippen LogP contribution in [0.25, 0.3) is 0 Å². The molecule has 0 fully saturated rings. The Balaban J connectivity index is 1.82. The number of hydrogen-bond acceptors (Lipinski definition) is 3. The van der Waals surface area contributed by atoms with Gasteiger partial charge >= 0.3 is 0 Å². The van der Waals surface area contributed by atoms with E-state index in [2.05, 4.69) is 31.3 Å². The third-order valence-corrected chi connectivity index (χ3v) is 5.13. The number of methoxy groups -OCH3 is 2. The Kier molecular flexibility index (Phi) is 8.33. The number of hydrogen-bond donors (Lipinski definition) is 2. The lowest BCUT2D eigenvalue weighted by molar-refractivity contribution is -0.870. The quantitative estimate of drug-likeness (QED) is 0.661. The Morgan fingerprint density at radius 3 is 2.36 bits per heavy atom. The van der Waals surface area contributed by atoms with Crippen LogP contribution in [0.5, 0.6) is 11.5 Å². The van der Waals surface area contributed by atoms with Gasteiger partial charge in [0.2, 0.25) is 0 Å². The highest BCUT2D eigenvalue weighted by molar-refractivity contribution is 5.91. The second-order valence-electron chi connectivity index (χ2n) is 7.30. The van der Waals surface area contributed by atoms with E-state index in [1.54, 1.807) is 14.2 Å². The van der Waals surface area contributed by atoms with Gasteiger partial charge in [-0.25, -0.2) is 0 Å². The highest BCUT2D eigenvalue weighted by atomic mass is 16.5. The Bertz CT molecular complexity index is 759. The molecule has 1 unspecified atom stereocenters. The van der Waals surface area contributed by atoms with Crippen molar-refractivity contribution in [3.8, 4) is 11.5 Å². The first kappa shape index (κ1) is 21.8. The summed E-state index contributed by atoms with van der Waals surface area (Å²) in [6.45, 7) is 5.68. The van der Waals surface area contributed by atoms with E-state index in [9.17, 15) is 4.79 Å². The van der Waals surface area contributed by atoms with Gasteiger partial charge in [-0.3, -0.25) is 4.79 Å². The molecular formula is C23H33N2O3+. The standard InChI is InChI=1S/C23H32N2O3/c1-6-17(2)19-8-10-20(11-9-19)24-23(26)16-25(3)14-13-18-7-12-21(27-4)22(15-18)28-5/h7-12,15,17H,6,13-14,16H2,1-5H3,(H,24,26)/p+1/t17-/m1/s1. The van der Waals surface area contributed by atoms with E-state index in [1.165, 1.54) is 5.56 Å². The minimum Gasteiger partial charge on any atom is -0.493 e. The van der Waals surface area contributed by atoms with Crippen molar-refractivity contribution in [2.45, 2.75) is 32.6 Å². The van der Waals surface area contributed by atoms with Gasteiger partial charge in [0.15, 0.2) is 18.0 Å². The van der Waals surface area contributed by atoms with Crippen LogP contribution in [-0.2, 0) is 11.2 Å². The van der Waals surface area contributed by atoms with Crippen molar-refractivity contribution < 1.29 is 19.2 Å². The van der Waals surface area contributed by atoms with Crippen molar-refractivity contribution in [2.75, 3.05) is 39.7 Å². The summed E-state index contributed by atoms with van der Waals surface area (Å²) < 4.78 is 10.6. The summed E-state index contributed by atoms with van der Waals surface area (Å²) in [6, 6.07) is 14.1. The van der Waals surface area contributed by atoms with E-state index in [1.807, 2.05) is 37.4 Å². The predicted octanol–water partition coefficient (Wildman–Crippen LogP) is 2.91.